The van der Waals surface area contributed by atoms with E-state index in [0.717, 1.165) is 31.0 Å². The lowest BCUT2D eigenvalue weighted by Gasteiger charge is -2.14. The molecule has 0 aromatic heterocycles. The minimum absolute atomic E-state index is 0.500. The molecule has 19 heavy (non-hydrogen) atoms. The Balaban J connectivity index is 2.76. The maximum Gasteiger partial charge on any atom is 0.126 e. The number of ether oxygens (including phenoxy) is 2. The van der Waals surface area contributed by atoms with Gasteiger partial charge in [-0.3, -0.25) is 0 Å². The van der Waals surface area contributed by atoms with E-state index in [1.807, 2.05) is 18.2 Å². The number of rotatable bonds is 8. The van der Waals surface area contributed by atoms with Crippen molar-refractivity contribution in [2.75, 3.05) is 33.9 Å². The van der Waals surface area contributed by atoms with Crippen LogP contribution in [0.5, 0.6) is 5.75 Å². The third kappa shape index (κ3) is 5.45. The largest absolute Gasteiger partial charge is 0.496 e. The van der Waals surface area contributed by atoms with Crippen LogP contribution in [0.1, 0.15) is 19.4 Å². The quantitative estimate of drug-likeness (QED) is 0.731. The van der Waals surface area contributed by atoms with Gasteiger partial charge in [0.2, 0.25) is 0 Å². The van der Waals surface area contributed by atoms with Gasteiger partial charge < -0.3 is 14.8 Å². The van der Waals surface area contributed by atoms with Gasteiger partial charge in [0, 0.05) is 25.8 Å². The third-order valence-electron chi connectivity index (χ3n) is 3.03. The van der Waals surface area contributed by atoms with E-state index >= 15 is 0 Å². The number of benzene rings is 1. The van der Waals surface area contributed by atoms with Crippen LogP contribution in [0.3, 0.4) is 0 Å². The van der Waals surface area contributed by atoms with E-state index in [2.05, 4.69) is 31.3 Å². The predicted molar refractivity (Wildman–Crippen MR) is 80.6 cm³/mol. The number of hydrogen-bond donors (Lipinski definition) is 1. The van der Waals surface area contributed by atoms with Crippen LogP contribution in [0.15, 0.2) is 29.8 Å². The Bertz CT molecular complexity index is 399. The molecule has 0 aliphatic carbocycles. The van der Waals surface area contributed by atoms with Crippen LogP contribution in [0, 0.1) is 5.92 Å². The molecule has 106 valence electrons. The fourth-order valence-electron chi connectivity index (χ4n) is 1.81. The first-order chi connectivity index (χ1) is 9.19. The van der Waals surface area contributed by atoms with Gasteiger partial charge in [0.25, 0.3) is 0 Å². The molecule has 3 nitrogen and oxygen atoms in total. The van der Waals surface area contributed by atoms with E-state index in [1.54, 1.807) is 14.2 Å². The molecule has 0 heterocycles. The smallest absolute Gasteiger partial charge is 0.126 e. The number of para-hydroxylation sites is 1. The highest BCUT2D eigenvalue weighted by Gasteiger charge is 2.05. The van der Waals surface area contributed by atoms with Crippen molar-refractivity contribution in [3.63, 3.8) is 0 Å². The van der Waals surface area contributed by atoms with Crippen LogP contribution in [0.2, 0.25) is 0 Å². The van der Waals surface area contributed by atoms with Gasteiger partial charge >= 0.3 is 0 Å². The van der Waals surface area contributed by atoms with E-state index in [4.69, 9.17) is 9.47 Å². The van der Waals surface area contributed by atoms with Gasteiger partial charge in [-0.2, -0.15) is 0 Å². The lowest BCUT2D eigenvalue weighted by atomic mass is 10.00. The molecule has 0 atom stereocenters. The molecular weight excluding hydrogens is 238 g/mol. The van der Waals surface area contributed by atoms with Gasteiger partial charge in [-0.25, -0.2) is 0 Å². The Labute approximate surface area is 116 Å². The van der Waals surface area contributed by atoms with Gasteiger partial charge in [0.1, 0.15) is 5.75 Å². The zero-order valence-corrected chi connectivity index (χ0v) is 12.4. The van der Waals surface area contributed by atoms with Crippen molar-refractivity contribution in [3.05, 3.63) is 35.4 Å². The standard InChI is InChI=1S/C16H25NO2/c1-13(2)15(12-17-9-10-18-3)11-14-7-5-6-8-16(14)19-4/h5-8,11,13,17H,9-10,12H2,1-4H3. The minimum atomic E-state index is 0.500. The van der Waals surface area contributed by atoms with E-state index in [1.165, 1.54) is 5.57 Å². The van der Waals surface area contributed by atoms with Crippen molar-refractivity contribution >= 4 is 6.08 Å². The monoisotopic (exact) mass is 263 g/mol. The Kier molecular flexibility index (Phi) is 7.23. The first-order valence-electron chi connectivity index (χ1n) is 6.72. The van der Waals surface area contributed by atoms with E-state index < -0.39 is 0 Å². The van der Waals surface area contributed by atoms with Crippen molar-refractivity contribution in [3.8, 4) is 5.75 Å². The Morgan fingerprint density at radius 1 is 1.26 bits per heavy atom. The summed E-state index contributed by atoms with van der Waals surface area (Å²) in [6.07, 6.45) is 2.21. The maximum absolute atomic E-state index is 5.38. The van der Waals surface area contributed by atoms with Crippen molar-refractivity contribution in [2.24, 2.45) is 5.92 Å². The Morgan fingerprint density at radius 3 is 2.63 bits per heavy atom. The van der Waals surface area contributed by atoms with Crippen LogP contribution in [-0.2, 0) is 4.74 Å². The zero-order chi connectivity index (χ0) is 14.1. The Morgan fingerprint density at radius 2 is 2.00 bits per heavy atom. The fourth-order valence-corrected chi connectivity index (χ4v) is 1.81. The predicted octanol–water partition coefficient (Wildman–Crippen LogP) is 2.97. The summed E-state index contributed by atoms with van der Waals surface area (Å²) in [4.78, 5) is 0. The van der Waals surface area contributed by atoms with Gasteiger partial charge in [0.15, 0.2) is 0 Å². The molecule has 0 aliphatic rings. The summed E-state index contributed by atoms with van der Waals surface area (Å²) in [6.45, 7) is 6.89. The molecule has 0 amide bonds. The molecule has 0 unspecified atom stereocenters. The molecule has 1 aromatic rings. The van der Waals surface area contributed by atoms with Crippen LogP contribution >= 0.6 is 0 Å². The van der Waals surface area contributed by atoms with E-state index in [9.17, 15) is 0 Å². The average molecular weight is 263 g/mol. The van der Waals surface area contributed by atoms with Gasteiger partial charge in [-0.1, -0.05) is 43.7 Å². The first-order valence-corrected chi connectivity index (χ1v) is 6.72. The normalized spacial score (nSPS) is 11.9. The Hall–Kier alpha value is -1.32. The molecule has 0 fully saturated rings. The fraction of sp³-hybridized carbons (Fsp3) is 0.500. The lowest BCUT2D eigenvalue weighted by molar-refractivity contribution is 0.200. The highest BCUT2D eigenvalue weighted by atomic mass is 16.5. The molecule has 0 aliphatic heterocycles. The summed E-state index contributed by atoms with van der Waals surface area (Å²) in [5.74, 6) is 1.41. The summed E-state index contributed by atoms with van der Waals surface area (Å²) in [5.41, 5.74) is 2.49. The van der Waals surface area contributed by atoms with Gasteiger partial charge in [0.05, 0.1) is 13.7 Å². The molecule has 0 spiro atoms. The molecule has 1 N–H and O–H groups in total. The molecule has 0 saturated carbocycles. The summed E-state index contributed by atoms with van der Waals surface area (Å²) >= 11 is 0. The van der Waals surface area contributed by atoms with Crippen LogP contribution in [-0.4, -0.2) is 33.9 Å². The number of methoxy groups -OCH3 is 2. The second-order valence-corrected chi connectivity index (χ2v) is 4.79. The summed E-state index contributed by atoms with van der Waals surface area (Å²) in [7, 11) is 3.42. The van der Waals surface area contributed by atoms with Crippen molar-refractivity contribution in [1.82, 2.24) is 5.32 Å². The summed E-state index contributed by atoms with van der Waals surface area (Å²) in [6, 6.07) is 8.09. The summed E-state index contributed by atoms with van der Waals surface area (Å²) < 4.78 is 10.4. The van der Waals surface area contributed by atoms with E-state index in [-0.39, 0.29) is 0 Å². The molecule has 0 radical (unpaired) electrons. The van der Waals surface area contributed by atoms with Crippen molar-refractivity contribution in [2.45, 2.75) is 13.8 Å². The zero-order valence-electron chi connectivity index (χ0n) is 12.4. The van der Waals surface area contributed by atoms with E-state index in [0.29, 0.717) is 5.92 Å². The highest BCUT2D eigenvalue weighted by molar-refractivity contribution is 5.60. The topological polar surface area (TPSA) is 30.5 Å². The molecule has 3 heteroatoms. The number of hydrogen-bond acceptors (Lipinski definition) is 3. The highest BCUT2D eigenvalue weighted by Crippen LogP contribution is 2.22. The molecule has 0 saturated heterocycles. The second-order valence-electron chi connectivity index (χ2n) is 4.79. The number of nitrogens with one attached hydrogen (secondary N) is 1. The van der Waals surface area contributed by atoms with Gasteiger partial charge in [-0.15, -0.1) is 0 Å². The molecule has 1 aromatic carbocycles. The summed E-state index contributed by atoms with van der Waals surface area (Å²) in [5, 5.41) is 3.39. The van der Waals surface area contributed by atoms with Crippen molar-refractivity contribution in [1.29, 1.82) is 0 Å². The van der Waals surface area contributed by atoms with Crippen LogP contribution < -0.4 is 10.1 Å². The van der Waals surface area contributed by atoms with Crippen molar-refractivity contribution < 1.29 is 9.47 Å². The molecular formula is C16H25NO2. The maximum atomic E-state index is 5.38. The SMILES string of the molecule is COCCNCC(=Cc1ccccc1OC)C(C)C. The molecule has 1 rings (SSSR count). The first kappa shape index (κ1) is 15.7. The minimum Gasteiger partial charge on any atom is -0.496 e. The molecule has 0 bridgehead atoms. The second kappa shape index (κ2) is 8.73. The average Bonchev–Trinajstić information content (AvgIpc) is 2.42. The third-order valence-corrected chi connectivity index (χ3v) is 3.03. The van der Waals surface area contributed by atoms with Crippen LogP contribution in [0.4, 0.5) is 0 Å². The van der Waals surface area contributed by atoms with Crippen LogP contribution in [0.25, 0.3) is 6.08 Å². The van der Waals surface area contributed by atoms with Gasteiger partial charge in [-0.05, 0) is 12.0 Å². The lowest BCUT2D eigenvalue weighted by Crippen LogP contribution is -2.23.